The molecule has 0 bridgehead atoms. The van der Waals surface area contributed by atoms with Gasteiger partial charge in [-0.1, -0.05) is 0 Å². The van der Waals surface area contributed by atoms with E-state index in [2.05, 4.69) is 0 Å². The minimum atomic E-state index is -2.27. The van der Waals surface area contributed by atoms with Gasteiger partial charge in [0.1, 0.15) is 0 Å². The molecule has 0 aliphatic heterocycles. The van der Waals surface area contributed by atoms with E-state index in [1.807, 2.05) is 0 Å². The van der Waals surface area contributed by atoms with Crippen molar-refractivity contribution in [1.82, 2.24) is 0 Å². The first-order valence-electron chi connectivity index (χ1n) is 2.28. The Balaban J connectivity index is 0. The van der Waals surface area contributed by atoms with Crippen molar-refractivity contribution < 1.29 is 51.7 Å². The van der Waals surface area contributed by atoms with Crippen LogP contribution in [0.3, 0.4) is 0 Å². The van der Waals surface area contributed by atoms with Crippen LogP contribution in [0.2, 0.25) is 0 Å². The standard InChI is InChI=1S/C4H6O6.Ti/c5-1(3(7)8)2(6)4(9)10;/h1-2,5-6H,(H,7,8)(H,9,10);. The van der Waals surface area contributed by atoms with Crippen LogP contribution in [0.25, 0.3) is 0 Å². The van der Waals surface area contributed by atoms with Crippen molar-refractivity contribution >= 4 is 11.9 Å². The van der Waals surface area contributed by atoms with Crippen molar-refractivity contribution in [3.05, 3.63) is 0 Å². The summed E-state index contributed by atoms with van der Waals surface area (Å²) in [7, 11) is 0. The summed E-state index contributed by atoms with van der Waals surface area (Å²) in [5, 5.41) is 32.5. The van der Waals surface area contributed by atoms with Gasteiger partial charge >= 0.3 is 11.9 Å². The van der Waals surface area contributed by atoms with Gasteiger partial charge in [0.05, 0.1) is 0 Å². The zero-order chi connectivity index (χ0) is 8.31. The van der Waals surface area contributed by atoms with Gasteiger partial charge in [0.15, 0.2) is 12.2 Å². The Labute approximate surface area is 76.3 Å². The van der Waals surface area contributed by atoms with E-state index < -0.39 is 24.1 Å². The van der Waals surface area contributed by atoms with E-state index in [-0.39, 0.29) is 21.7 Å². The SMILES string of the molecule is O=C(O)C(O)C(O)C(=O)O.[Ti]. The molecular formula is C4H6O6Ti. The molecule has 0 heterocycles. The topological polar surface area (TPSA) is 115 Å². The van der Waals surface area contributed by atoms with E-state index in [1.54, 1.807) is 0 Å². The van der Waals surface area contributed by atoms with E-state index >= 15 is 0 Å². The van der Waals surface area contributed by atoms with Crippen LogP contribution in [0.15, 0.2) is 0 Å². The average Bonchev–Trinajstić information content (AvgIpc) is 1.84. The van der Waals surface area contributed by atoms with Crippen LogP contribution in [-0.2, 0) is 31.3 Å². The Morgan fingerprint density at radius 3 is 1.18 bits per heavy atom. The molecule has 7 heteroatoms. The number of carbonyl (C=O) groups is 2. The molecule has 0 aromatic carbocycles. The fraction of sp³-hybridized carbons (Fsp3) is 0.500. The quantitative estimate of drug-likeness (QED) is 0.385. The molecule has 0 aromatic heterocycles. The number of carboxylic acids is 2. The van der Waals surface area contributed by atoms with Gasteiger partial charge < -0.3 is 20.4 Å². The van der Waals surface area contributed by atoms with E-state index in [1.165, 1.54) is 0 Å². The summed E-state index contributed by atoms with van der Waals surface area (Å²) in [5.74, 6) is -3.54. The summed E-state index contributed by atoms with van der Waals surface area (Å²) < 4.78 is 0. The molecule has 11 heavy (non-hydrogen) atoms. The summed E-state index contributed by atoms with van der Waals surface area (Å²) in [6.45, 7) is 0. The summed E-state index contributed by atoms with van der Waals surface area (Å²) in [4.78, 5) is 19.5. The Hall–Kier alpha value is -0.426. The number of hydrogen-bond donors (Lipinski definition) is 4. The summed E-state index contributed by atoms with van der Waals surface area (Å²) in [6.07, 6.45) is -4.53. The molecule has 0 aliphatic carbocycles. The number of hydrogen-bond acceptors (Lipinski definition) is 4. The van der Waals surface area contributed by atoms with Gasteiger partial charge in [0.2, 0.25) is 0 Å². The molecule has 0 aliphatic rings. The molecule has 6 nitrogen and oxygen atoms in total. The molecule has 0 amide bonds. The Morgan fingerprint density at radius 2 is 1.09 bits per heavy atom. The number of carboxylic acid groups (broad SMARTS) is 2. The van der Waals surface area contributed by atoms with Crippen molar-refractivity contribution in [2.24, 2.45) is 0 Å². The first-order chi connectivity index (χ1) is 4.46. The van der Waals surface area contributed by atoms with Crippen molar-refractivity contribution in [2.45, 2.75) is 12.2 Å². The van der Waals surface area contributed by atoms with Gasteiger partial charge in [-0.25, -0.2) is 9.59 Å². The fourth-order valence-electron chi connectivity index (χ4n) is 0.270. The summed E-state index contributed by atoms with van der Waals surface area (Å²) >= 11 is 0. The molecule has 62 valence electrons. The van der Waals surface area contributed by atoms with E-state index in [9.17, 15) is 9.59 Å². The van der Waals surface area contributed by atoms with E-state index in [4.69, 9.17) is 20.4 Å². The van der Waals surface area contributed by atoms with Gasteiger partial charge in [-0.2, -0.15) is 0 Å². The minimum Gasteiger partial charge on any atom is -0.479 e. The van der Waals surface area contributed by atoms with Crippen molar-refractivity contribution in [3.63, 3.8) is 0 Å². The van der Waals surface area contributed by atoms with Crippen LogP contribution >= 0.6 is 0 Å². The van der Waals surface area contributed by atoms with E-state index in [0.29, 0.717) is 0 Å². The predicted molar refractivity (Wildman–Crippen MR) is 27.3 cm³/mol. The number of rotatable bonds is 3. The maximum absolute atomic E-state index is 9.77. The van der Waals surface area contributed by atoms with Gasteiger partial charge in [-0.15, -0.1) is 0 Å². The smallest absolute Gasteiger partial charge is 0.335 e. The maximum Gasteiger partial charge on any atom is 0.335 e. The normalized spacial score (nSPS) is 14.4. The molecule has 0 fully saturated rings. The summed E-state index contributed by atoms with van der Waals surface area (Å²) in [6, 6.07) is 0. The van der Waals surface area contributed by atoms with Crippen LogP contribution in [0.5, 0.6) is 0 Å². The average molecular weight is 198 g/mol. The maximum atomic E-state index is 9.77. The first-order valence-corrected chi connectivity index (χ1v) is 2.28. The third-order valence-electron chi connectivity index (χ3n) is 0.805. The second-order valence-corrected chi connectivity index (χ2v) is 1.57. The second kappa shape index (κ2) is 5.25. The molecular weight excluding hydrogens is 192 g/mol. The number of aliphatic carboxylic acids is 2. The molecule has 0 saturated carbocycles. The predicted octanol–water partition coefficient (Wildman–Crippen LogP) is -2.13. The monoisotopic (exact) mass is 198 g/mol. The van der Waals surface area contributed by atoms with E-state index in [0.717, 1.165) is 0 Å². The fourth-order valence-corrected chi connectivity index (χ4v) is 0.270. The van der Waals surface area contributed by atoms with Crippen LogP contribution in [0, 0.1) is 0 Å². The first kappa shape index (κ1) is 13.2. The van der Waals surface area contributed by atoms with Crippen molar-refractivity contribution in [3.8, 4) is 0 Å². The molecule has 2 unspecified atom stereocenters. The third kappa shape index (κ3) is 4.10. The molecule has 0 saturated heterocycles. The number of aliphatic hydroxyl groups excluding tert-OH is 2. The third-order valence-corrected chi connectivity index (χ3v) is 0.805. The minimum absolute atomic E-state index is 0. The summed E-state index contributed by atoms with van der Waals surface area (Å²) in [5.41, 5.74) is 0. The van der Waals surface area contributed by atoms with Crippen LogP contribution in [0.4, 0.5) is 0 Å². The number of aliphatic hydroxyl groups is 2. The van der Waals surface area contributed by atoms with Crippen molar-refractivity contribution in [1.29, 1.82) is 0 Å². The zero-order valence-electron chi connectivity index (χ0n) is 5.26. The van der Waals surface area contributed by atoms with Crippen molar-refractivity contribution in [2.75, 3.05) is 0 Å². The molecule has 0 radical (unpaired) electrons. The molecule has 0 rings (SSSR count). The van der Waals surface area contributed by atoms with Gasteiger partial charge in [-0.05, 0) is 0 Å². The Kier molecular flexibility index (Phi) is 6.30. The molecule has 0 aromatic rings. The molecule has 4 N–H and O–H groups in total. The Bertz CT molecular complexity index is 139. The van der Waals surface area contributed by atoms with Crippen LogP contribution in [0.1, 0.15) is 0 Å². The van der Waals surface area contributed by atoms with Gasteiger partial charge in [0, 0.05) is 21.7 Å². The largest absolute Gasteiger partial charge is 0.479 e. The van der Waals surface area contributed by atoms with Gasteiger partial charge in [0.25, 0.3) is 0 Å². The van der Waals surface area contributed by atoms with Crippen LogP contribution < -0.4 is 0 Å². The molecule has 0 spiro atoms. The zero-order valence-corrected chi connectivity index (χ0v) is 6.82. The van der Waals surface area contributed by atoms with Gasteiger partial charge in [-0.3, -0.25) is 0 Å². The second-order valence-electron chi connectivity index (χ2n) is 1.57. The van der Waals surface area contributed by atoms with Crippen LogP contribution in [-0.4, -0.2) is 44.6 Å². The molecule has 2 atom stereocenters. The Morgan fingerprint density at radius 1 is 0.909 bits per heavy atom.